The summed E-state index contributed by atoms with van der Waals surface area (Å²) in [5.74, 6) is 0.482. The van der Waals surface area contributed by atoms with Crippen molar-refractivity contribution in [2.75, 3.05) is 13.7 Å². The van der Waals surface area contributed by atoms with E-state index in [1.54, 1.807) is 42.4 Å². The summed E-state index contributed by atoms with van der Waals surface area (Å²) >= 11 is 3.35. The van der Waals surface area contributed by atoms with Crippen LogP contribution in [0.4, 0.5) is 0 Å². The summed E-state index contributed by atoms with van der Waals surface area (Å²) in [6.07, 6.45) is 3.34. The Balaban J connectivity index is 1.95. The molecule has 19 heavy (non-hydrogen) atoms. The lowest BCUT2D eigenvalue weighted by Gasteiger charge is -2.08. The third-order valence-corrected chi connectivity index (χ3v) is 3.21. The zero-order valence-corrected chi connectivity index (χ0v) is 11.9. The topological polar surface area (TPSA) is 69.0 Å². The maximum atomic E-state index is 12.0. The molecular weight excluding hydrogens is 312 g/mol. The number of methoxy groups -OCH3 is 1. The molecule has 0 saturated heterocycles. The van der Waals surface area contributed by atoms with E-state index < -0.39 is 0 Å². The second-order valence-corrected chi connectivity index (χ2v) is 4.62. The molecule has 0 aliphatic rings. The van der Waals surface area contributed by atoms with E-state index in [4.69, 9.17) is 4.74 Å². The zero-order valence-electron chi connectivity index (χ0n) is 10.3. The van der Waals surface area contributed by atoms with E-state index in [9.17, 15) is 4.79 Å². The molecule has 0 bridgehead atoms. The van der Waals surface area contributed by atoms with E-state index in [-0.39, 0.29) is 5.91 Å². The highest BCUT2D eigenvalue weighted by molar-refractivity contribution is 9.10. The first-order valence-corrected chi connectivity index (χ1v) is 6.46. The van der Waals surface area contributed by atoms with E-state index >= 15 is 0 Å². The number of carbonyl (C=O) groups excluding carboxylic acids is 1. The van der Waals surface area contributed by atoms with Crippen molar-refractivity contribution in [2.45, 2.75) is 6.54 Å². The molecular formula is C12H13BrN4O2. The number of hydrogen-bond donors (Lipinski definition) is 1. The molecule has 100 valence electrons. The normalized spacial score (nSPS) is 10.2. The molecule has 6 nitrogen and oxygen atoms in total. The second kappa shape index (κ2) is 6.33. The third-order valence-electron chi connectivity index (χ3n) is 2.52. The zero-order chi connectivity index (χ0) is 13.7. The second-order valence-electron chi connectivity index (χ2n) is 3.77. The molecule has 2 rings (SSSR count). The van der Waals surface area contributed by atoms with Gasteiger partial charge in [-0.05, 0) is 34.1 Å². The Morgan fingerprint density at radius 2 is 2.37 bits per heavy atom. The predicted octanol–water partition coefficient (Wildman–Crippen LogP) is 1.48. The first kappa shape index (κ1) is 13.5. The van der Waals surface area contributed by atoms with Crippen LogP contribution in [-0.2, 0) is 6.54 Å². The fraction of sp³-hybridized carbons (Fsp3) is 0.250. The highest BCUT2D eigenvalue weighted by atomic mass is 79.9. The number of hydrogen-bond acceptors (Lipinski definition) is 4. The minimum atomic E-state index is -0.161. The van der Waals surface area contributed by atoms with Gasteiger partial charge in [0.25, 0.3) is 5.91 Å². The molecule has 0 radical (unpaired) electrons. The number of ether oxygens (including phenoxy) is 1. The van der Waals surface area contributed by atoms with E-state index in [2.05, 4.69) is 31.6 Å². The van der Waals surface area contributed by atoms with Crippen molar-refractivity contribution in [3.63, 3.8) is 0 Å². The summed E-state index contributed by atoms with van der Waals surface area (Å²) < 4.78 is 7.48. The molecule has 1 aromatic carbocycles. The highest BCUT2D eigenvalue weighted by Gasteiger charge is 2.10. The average Bonchev–Trinajstić information content (AvgIpc) is 2.92. The van der Waals surface area contributed by atoms with Crippen LogP contribution in [0.5, 0.6) is 5.75 Å². The first-order valence-electron chi connectivity index (χ1n) is 5.66. The van der Waals surface area contributed by atoms with Gasteiger partial charge in [-0.15, -0.1) is 5.10 Å². The van der Waals surface area contributed by atoms with Crippen molar-refractivity contribution >= 4 is 21.8 Å². The van der Waals surface area contributed by atoms with E-state index in [1.165, 1.54) is 0 Å². The summed E-state index contributed by atoms with van der Waals surface area (Å²) in [6, 6.07) is 5.26. The molecule has 1 aromatic heterocycles. The maximum absolute atomic E-state index is 12.0. The molecule has 7 heteroatoms. The lowest BCUT2D eigenvalue weighted by Crippen LogP contribution is -2.27. The van der Waals surface area contributed by atoms with Crippen LogP contribution in [0.15, 0.2) is 35.1 Å². The summed E-state index contributed by atoms with van der Waals surface area (Å²) in [5.41, 5.74) is 0.540. The van der Waals surface area contributed by atoms with Gasteiger partial charge in [0.15, 0.2) is 0 Å². The predicted molar refractivity (Wildman–Crippen MR) is 73.0 cm³/mol. The molecule has 0 atom stereocenters. The summed E-state index contributed by atoms with van der Waals surface area (Å²) in [4.78, 5) is 12.0. The van der Waals surface area contributed by atoms with Crippen LogP contribution in [0.1, 0.15) is 10.4 Å². The Labute approximate surface area is 118 Å². The minimum Gasteiger partial charge on any atom is -0.497 e. The number of carbonyl (C=O) groups is 1. The molecule has 0 spiro atoms. The Morgan fingerprint density at radius 3 is 3.05 bits per heavy atom. The van der Waals surface area contributed by atoms with Crippen molar-refractivity contribution in [3.8, 4) is 5.75 Å². The molecule has 1 heterocycles. The third kappa shape index (κ3) is 3.54. The Kier molecular flexibility index (Phi) is 4.51. The standard InChI is InChI=1S/C12H13BrN4O2/c1-19-9-2-3-11(13)10(8-9)12(18)14-4-6-17-7-5-15-16-17/h2-3,5,7-8H,4,6H2,1H3,(H,14,18). The van der Waals surface area contributed by atoms with Gasteiger partial charge in [-0.3, -0.25) is 9.48 Å². The van der Waals surface area contributed by atoms with Crippen molar-refractivity contribution < 1.29 is 9.53 Å². The van der Waals surface area contributed by atoms with Crippen molar-refractivity contribution in [3.05, 3.63) is 40.6 Å². The Morgan fingerprint density at radius 1 is 1.53 bits per heavy atom. The quantitative estimate of drug-likeness (QED) is 0.904. The van der Waals surface area contributed by atoms with Gasteiger partial charge in [-0.1, -0.05) is 5.21 Å². The van der Waals surface area contributed by atoms with Crippen LogP contribution < -0.4 is 10.1 Å². The molecule has 0 fully saturated rings. The number of nitrogens with one attached hydrogen (secondary N) is 1. The average molecular weight is 325 g/mol. The molecule has 1 N–H and O–H groups in total. The summed E-state index contributed by atoms with van der Waals surface area (Å²) in [7, 11) is 1.57. The monoisotopic (exact) mass is 324 g/mol. The summed E-state index contributed by atoms with van der Waals surface area (Å²) in [5, 5.41) is 10.3. The van der Waals surface area contributed by atoms with Crippen LogP contribution in [0.3, 0.4) is 0 Å². The fourth-order valence-corrected chi connectivity index (χ4v) is 1.96. The maximum Gasteiger partial charge on any atom is 0.252 e. The lowest BCUT2D eigenvalue weighted by atomic mass is 10.2. The molecule has 0 aliphatic carbocycles. The molecule has 0 aliphatic heterocycles. The van der Waals surface area contributed by atoms with Crippen LogP contribution in [-0.4, -0.2) is 34.6 Å². The highest BCUT2D eigenvalue weighted by Crippen LogP contribution is 2.22. The van der Waals surface area contributed by atoms with Crippen LogP contribution in [0.25, 0.3) is 0 Å². The van der Waals surface area contributed by atoms with E-state index in [1.807, 2.05) is 0 Å². The van der Waals surface area contributed by atoms with Crippen molar-refractivity contribution in [2.24, 2.45) is 0 Å². The van der Waals surface area contributed by atoms with Gasteiger partial charge in [0.2, 0.25) is 0 Å². The van der Waals surface area contributed by atoms with Gasteiger partial charge in [0.05, 0.1) is 25.4 Å². The minimum absolute atomic E-state index is 0.161. The van der Waals surface area contributed by atoms with Crippen LogP contribution in [0, 0.1) is 0 Å². The summed E-state index contributed by atoms with van der Waals surface area (Å²) in [6.45, 7) is 1.05. The van der Waals surface area contributed by atoms with Gasteiger partial charge in [0.1, 0.15) is 5.75 Å². The van der Waals surface area contributed by atoms with Crippen molar-refractivity contribution in [1.29, 1.82) is 0 Å². The fourth-order valence-electron chi connectivity index (χ4n) is 1.54. The Hall–Kier alpha value is -1.89. The van der Waals surface area contributed by atoms with E-state index in [0.717, 1.165) is 4.47 Å². The molecule has 0 saturated carbocycles. The van der Waals surface area contributed by atoms with Gasteiger partial charge in [-0.2, -0.15) is 0 Å². The van der Waals surface area contributed by atoms with Crippen LogP contribution >= 0.6 is 15.9 Å². The largest absolute Gasteiger partial charge is 0.497 e. The number of halogens is 1. The van der Waals surface area contributed by atoms with Crippen LogP contribution in [0.2, 0.25) is 0 Å². The van der Waals surface area contributed by atoms with Gasteiger partial charge in [-0.25, -0.2) is 0 Å². The first-order chi connectivity index (χ1) is 9.20. The molecule has 0 unspecified atom stereocenters. The van der Waals surface area contributed by atoms with Gasteiger partial charge in [0, 0.05) is 17.2 Å². The number of amides is 1. The van der Waals surface area contributed by atoms with Gasteiger partial charge >= 0.3 is 0 Å². The number of benzene rings is 1. The molecule has 1 amide bonds. The molecule has 2 aromatic rings. The number of nitrogens with zero attached hydrogens (tertiary/aromatic N) is 3. The number of aromatic nitrogens is 3. The lowest BCUT2D eigenvalue weighted by molar-refractivity contribution is 0.0950. The van der Waals surface area contributed by atoms with Crippen molar-refractivity contribution in [1.82, 2.24) is 20.3 Å². The Bertz CT molecular complexity index is 557. The SMILES string of the molecule is COc1ccc(Br)c(C(=O)NCCn2ccnn2)c1. The van der Waals surface area contributed by atoms with E-state index in [0.29, 0.717) is 24.4 Å². The smallest absolute Gasteiger partial charge is 0.252 e. The number of rotatable bonds is 5. The van der Waals surface area contributed by atoms with Gasteiger partial charge < -0.3 is 10.1 Å².